The summed E-state index contributed by atoms with van der Waals surface area (Å²) in [6, 6.07) is 4.69. The zero-order valence-corrected chi connectivity index (χ0v) is 10.5. The first-order valence-electron chi connectivity index (χ1n) is 6.40. The van der Waals surface area contributed by atoms with Crippen molar-refractivity contribution in [1.82, 2.24) is 4.90 Å². The van der Waals surface area contributed by atoms with E-state index in [4.69, 9.17) is 0 Å². The molecule has 2 aliphatic rings. The molecule has 3 nitrogen and oxygen atoms in total. The van der Waals surface area contributed by atoms with Crippen LogP contribution in [-0.4, -0.2) is 22.8 Å². The lowest BCUT2D eigenvalue weighted by atomic mass is 9.90. The molecular weight excluding hydrogens is 271 g/mol. The van der Waals surface area contributed by atoms with Gasteiger partial charge >= 0.3 is 6.18 Å². The van der Waals surface area contributed by atoms with Crippen molar-refractivity contribution in [2.75, 3.05) is 0 Å². The average molecular weight is 283 g/mol. The molecule has 2 atom stereocenters. The van der Waals surface area contributed by atoms with Gasteiger partial charge in [0.05, 0.1) is 5.56 Å². The molecule has 0 spiro atoms. The van der Waals surface area contributed by atoms with Gasteiger partial charge in [-0.3, -0.25) is 14.5 Å². The number of fused-ring (bicyclic) bond motifs is 1. The number of alkyl halides is 3. The Morgan fingerprint density at radius 2 is 1.70 bits per heavy atom. The summed E-state index contributed by atoms with van der Waals surface area (Å²) in [6.07, 6.45) is -3.23. The molecule has 2 aliphatic heterocycles. The highest BCUT2D eigenvalue weighted by molar-refractivity contribution is 5.99. The van der Waals surface area contributed by atoms with E-state index in [0.29, 0.717) is 18.4 Å². The minimum atomic E-state index is -4.36. The number of carbonyl (C=O) groups excluding carboxylic acids is 2. The number of amides is 2. The van der Waals surface area contributed by atoms with Gasteiger partial charge in [-0.1, -0.05) is 12.1 Å². The lowest BCUT2D eigenvalue weighted by Gasteiger charge is -2.19. The molecule has 6 heteroatoms. The molecule has 2 heterocycles. The smallest absolute Gasteiger partial charge is 0.279 e. The number of benzene rings is 1. The van der Waals surface area contributed by atoms with Gasteiger partial charge in [0.15, 0.2) is 0 Å². The lowest BCUT2D eigenvalue weighted by molar-refractivity contribution is -0.140. The van der Waals surface area contributed by atoms with Crippen LogP contribution in [0.1, 0.15) is 36.3 Å². The molecule has 0 unspecified atom stereocenters. The largest absolute Gasteiger partial charge is 0.416 e. The van der Waals surface area contributed by atoms with Crippen LogP contribution in [0.2, 0.25) is 0 Å². The average Bonchev–Trinajstić information content (AvgIpc) is 2.91. The summed E-state index contributed by atoms with van der Waals surface area (Å²) in [5.74, 6) is -0.576. The number of hydrogen-bond donors (Lipinski definition) is 0. The van der Waals surface area contributed by atoms with Crippen LogP contribution < -0.4 is 0 Å². The maximum Gasteiger partial charge on any atom is 0.416 e. The van der Waals surface area contributed by atoms with Gasteiger partial charge in [-0.15, -0.1) is 0 Å². The highest BCUT2D eigenvalue weighted by Gasteiger charge is 2.47. The first-order valence-corrected chi connectivity index (χ1v) is 6.40. The standard InChI is InChI=1S/C14H12F3NO2/c15-14(16,17)9-3-1-8(2-4-9)10-7-13(20)18-11(10)5-6-12(18)19/h1-4,10-11H,5-7H2/t10-,11-/m1/s1. The zero-order valence-electron chi connectivity index (χ0n) is 10.5. The summed E-state index contributed by atoms with van der Waals surface area (Å²) in [4.78, 5) is 24.7. The Labute approximate surface area is 113 Å². The number of halogens is 3. The third kappa shape index (κ3) is 1.99. The monoisotopic (exact) mass is 283 g/mol. The van der Waals surface area contributed by atoms with E-state index in [9.17, 15) is 22.8 Å². The Balaban J connectivity index is 1.87. The van der Waals surface area contributed by atoms with Gasteiger partial charge in [-0.25, -0.2) is 0 Å². The molecule has 0 N–H and O–H groups in total. The van der Waals surface area contributed by atoms with Gasteiger partial charge in [-0.05, 0) is 24.1 Å². The molecule has 0 radical (unpaired) electrons. The van der Waals surface area contributed by atoms with E-state index in [1.165, 1.54) is 17.0 Å². The van der Waals surface area contributed by atoms with E-state index >= 15 is 0 Å². The van der Waals surface area contributed by atoms with Crippen LogP contribution in [0.25, 0.3) is 0 Å². The Morgan fingerprint density at radius 3 is 2.30 bits per heavy atom. The normalized spacial score (nSPS) is 26.2. The first-order chi connectivity index (χ1) is 9.38. The summed E-state index contributed by atoms with van der Waals surface area (Å²) >= 11 is 0. The minimum absolute atomic E-state index is 0.172. The van der Waals surface area contributed by atoms with Crippen LogP contribution >= 0.6 is 0 Å². The molecule has 0 saturated carbocycles. The predicted octanol–water partition coefficient (Wildman–Crippen LogP) is 2.71. The van der Waals surface area contributed by atoms with Crippen LogP contribution in [0.4, 0.5) is 13.2 Å². The number of rotatable bonds is 1. The van der Waals surface area contributed by atoms with Crippen LogP contribution in [-0.2, 0) is 15.8 Å². The van der Waals surface area contributed by atoms with Crippen LogP contribution in [0.15, 0.2) is 24.3 Å². The molecule has 2 amide bonds. The second-order valence-electron chi connectivity index (χ2n) is 5.19. The molecule has 1 aromatic carbocycles. The van der Waals surface area contributed by atoms with E-state index in [1.54, 1.807) is 0 Å². The summed E-state index contributed by atoms with van der Waals surface area (Å²) in [6.45, 7) is 0. The van der Waals surface area contributed by atoms with Gasteiger partial charge < -0.3 is 0 Å². The van der Waals surface area contributed by atoms with Crippen molar-refractivity contribution in [1.29, 1.82) is 0 Å². The number of carbonyl (C=O) groups is 2. The fourth-order valence-electron chi connectivity index (χ4n) is 3.09. The fourth-order valence-corrected chi connectivity index (χ4v) is 3.09. The quantitative estimate of drug-likeness (QED) is 0.743. The number of nitrogens with zero attached hydrogens (tertiary/aromatic N) is 1. The second-order valence-corrected chi connectivity index (χ2v) is 5.19. The van der Waals surface area contributed by atoms with Gasteiger partial charge in [0, 0.05) is 24.8 Å². The number of hydrogen-bond acceptors (Lipinski definition) is 2. The molecule has 106 valence electrons. The molecule has 3 rings (SSSR count). The zero-order chi connectivity index (χ0) is 14.5. The van der Waals surface area contributed by atoms with Crippen molar-refractivity contribution < 1.29 is 22.8 Å². The molecule has 20 heavy (non-hydrogen) atoms. The Bertz CT molecular complexity index is 565. The fraction of sp³-hybridized carbons (Fsp3) is 0.429. The van der Waals surface area contributed by atoms with E-state index in [1.807, 2.05) is 0 Å². The molecule has 1 aromatic rings. The van der Waals surface area contributed by atoms with Crippen LogP contribution in [0.3, 0.4) is 0 Å². The van der Waals surface area contributed by atoms with E-state index in [0.717, 1.165) is 12.1 Å². The second kappa shape index (κ2) is 4.33. The SMILES string of the molecule is O=C1CC[C@@H]2[C@@H](c3ccc(C(F)(F)F)cc3)CC(=O)N12. The third-order valence-corrected chi connectivity index (χ3v) is 4.05. The van der Waals surface area contributed by atoms with Crippen molar-refractivity contribution in [2.45, 2.75) is 37.4 Å². The first kappa shape index (κ1) is 13.1. The van der Waals surface area contributed by atoms with Crippen molar-refractivity contribution in [3.63, 3.8) is 0 Å². The van der Waals surface area contributed by atoms with E-state index in [-0.39, 0.29) is 30.2 Å². The summed E-state index contributed by atoms with van der Waals surface area (Å²) in [5, 5.41) is 0. The Morgan fingerprint density at radius 1 is 1.05 bits per heavy atom. The maximum atomic E-state index is 12.5. The third-order valence-electron chi connectivity index (χ3n) is 4.05. The lowest BCUT2D eigenvalue weighted by Crippen LogP contribution is -2.32. The molecule has 0 bridgehead atoms. The topological polar surface area (TPSA) is 37.4 Å². The molecule has 0 aliphatic carbocycles. The van der Waals surface area contributed by atoms with E-state index in [2.05, 4.69) is 0 Å². The predicted molar refractivity (Wildman–Crippen MR) is 63.7 cm³/mol. The van der Waals surface area contributed by atoms with Crippen molar-refractivity contribution in [2.24, 2.45) is 0 Å². The van der Waals surface area contributed by atoms with Crippen LogP contribution in [0, 0.1) is 0 Å². The number of imide groups is 1. The van der Waals surface area contributed by atoms with Gasteiger partial charge in [0.25, 0.3) is 0 Å². The molecule has 0 aromatic heterocycles. The van der Waals surface area contributed by atoms with E-state index < -0.39 is 11.7 Å². The van der Waals surface area contributed by atoms with Crippen LogP contribution in [0.5, 0.6) is 0 Å². The van der Waals surface area contributed by atoms with Crippen molar-refractivity contribution in [3.8, 4) is 0 Å². The van der Waals surface area contributed by atoms with Gasteiger partial charge in [-0.2, -0.15) is 13.2 Å². The summed E-state index contributed by atoms with van der Waals surface area (Å²) < 4.78 is 37.6. The summed E-state index contributed by atoms with van der Waals surface area (Å²) in [5.41, 5.74) is -0.0153. The van der Waals surface area contributed by atoms with Gasteiger partial charge in [0.2, 0.25) is 11.8 Å². The Hall–Kier alpha value is -1.85. The minimum Gasteiger partial charge on any atom is -0.279 e. The maximum absolute atomic E-state index is 12.5. The summed E-state index contributed by atoms with van der Waals surface area (Å²) in [7, 11) is 0. The van der Waals surface area contributed by atoms with Crippen molar-refractivity contribution >= 4 is 11.8 Å². The molecule has 2 fully saturated rings. The van der Waals surface area contributed by atoms with Gasteiger partial charge in [0.1, 0.15) is 0 Å². The Kier molecular flexibility index (Phi) is 2.84. The molecular formula is C14H12F3NO2. The molecule has 2 saturated heterocycles. The highest BCUT2D eigenvalue weighted by Crippen LogP contribution is 2.41. The highest BCUT2D eigenvalue weighted by atomic mass is 19.4. The van der Waals surface area contributed by atoms with Crippen molar-refractivity contribution in [3.05, 3.63) is 35.4 Å².